The third-order valence-corrected chi connectivity index (χ3v) is 2.26. The second kappa shape index (κ2) is 3.41. The van der Waals surface area contributed by atoms with E-state index in [4.69, 9.17) is 5.11 Å². The van der Waals surface area contributed by atoms with Crippen LogP contribution in [0.1, 0.15) is 20.7 Å². The van der Waals surface area contributed by atoms with Gasteiger partial charge in [0, 0.05) is 0 Å². The van der Waals surface area contributed by atoms with Crippen molar-refractivity contribution in [1.29, 1.82) is 0 Å². The topological polar surface area (TPSA) is 74.7 Å². The van der Waals surface area contributed by atoms with E-state index in [1.54, 1.807) is 0 Å². The van der Waals surface area contributed by atoms with Gasteiger partial charge in [-0.3, -0.25) is 9.59 Å². The number of carboxylic acid groups (broad SMARTS) is 1. The number of nitrogens with zero attached hydrogens (tertiary/aromatic N) is 1. The van der Waals surface area contributed by atoms with Crippen LogP contribution < -0.4 is 0 Å². The van der Waals surface area contributed by atoms with Crippen molar-refractivity contribution in [2.24, 2.45) is 0 Å². The SMILES string of the molecule is O=C(O)C(F)N1C(=O)c2ccccc2C1=O. The molecule has 82 valence electrons. The molecule has 0 aromatic heterocycles. The summed E-state index contributed by atoms with van der Waals surface area (Å²) in [6, 6.07) is 5.73. The molecular weight excluding hydrogens is 217 g/mol. The smallest absolute Gasteiger partial charge is 0.360 e. The first-order valence-corrected chi connectivity index (χ1v) is 4.38. The molecule has 1 aromatic rings. The van der Waals surface area contributed by atoms with E-state index in [-0.39, 0.29) is 16.0 Å². The van der Waals surface area contributed by atoms with Crippen LogP contribution in [0.15, 0.2) is 24.3 Å². The van der Waals surface area contributed by atoms with Crippen molar-refractivity contribution < 1.29 is 23.9 Å². The van der Waals surface area contributed by atoms with Crippen molar-refractivity contribution in [2.75, 3.05) is 0 Å². The maximum Gasteiger partial charge on any atom is 0.360 e. The largest absolute Gasteiger partial charge is 0.478 e. The van der Waals surface area contributed by atoms with Gasteiger partial charge >= 0.3 is 5.97 Å². The standard InChI is InChI=1S/C10H6FNO4/c11-7(10(15)16)12-8(13)5-3-1-2-4-6(5)9(12)14/h1-4,7H,(H,15,16). The highest BCUT2D eigenvalue weighted by atomic mass is 19.1. The Labute approximate surface area is 89.1 Å². The van der Waals surface area contributed by atoms with E-state index in [9.17, 15) is 18.8 Å². The first kappa shape index (κ1) is 10.3. The average molecular weight is 223 g/mol. The van der Waals surface area contributed by atoms with E-state index in [2.05, 4.69) is 0 Å². The number of alkyl halides is 1. The Morgan fingerprint density at radius 2 is 1.62 bits per heavy atom. The molecule has 1 aromatic carbocycles. The van der Waals surface area contributed by atoms with Crippen LogP contribution in [0.2, 0.25) is 0 Å². The van der Waals surface area contributed by atoms with Crippen LogP contribution >= 0.6 is 0 Å². The van der Waals surface area contributed by atoms with Crippen LogP contribution in [0.25, 0.3) is 0 Å². The highest BCUT2D eigenvalue weighted by Gasteiger charge is 2.42. The van der Waals surface area contributed by atoms with E-state index >= 15 is 0 Å². The number of fused-ring (bicyclic) bond motifs is 1. The van der Waals surface area contributed by atoms with Gasteiger partial charge in [-0.25, -0.2) is 14.1 Å². The van der Waals surface area contributed by atoms with Gasteiger partial charge in [0.05, 0.1) is 11.1 Å². The quantitative estimate of drug-likeness (QED) is 0.590. The number of carbonyl (C=O) groups is 3. The van der Waals surface area contributed by atoms with Gasteiger partial charge in [0.1, 0.15) is 0 Å². The summed E-state index contributed by atoms with van der Waals surface area (Å²) in [5.41, 5.74) is 0.0489. The van der Waals surface area contributed by atoms with Gasteiger partial charge in [-0.1, -0.05) is 12.1 Å². The monoisotopic (exact) mass is 223 g/mol. The number of hydrogen-bond acceptors (Lipinski definition) is 3. The highest BCUT2D eigenvalue weighted by Crippen LogP contribution is 2.24. The second-order valence-corrected chi connectivity index (χ2v) is 3.20. The van der Waals surface area contributed by atoms with E-state index in [0.717, 1.165) is 0 Å². The Hall–Kier alpha value is -2.24. The predicted octanol–water partition coefficient (Wildman–Crippen LogP) is 0.663. The Kier molecular flexibility index (Phi) is 2.19. The molecule has 0 aliphatic carbocycles. The van der Waals surface area contributed by atoms with E-state index in [0.29, 0.717) is 0 Å². The number of carbonyl (C=O) groups excluding carboxylic acids is 2. The Morgan fingerprint density at radius 1 is 1.19 bits per heavy atom. The summed E-state index contributed by atoms with van der Waals surface area (Å²) in [4.78, 5) is 33.6. The summed E-state index contributed by atoms with van der Waals surface area (Å²) in [7, 11) is 0. The molecule has 1 atom stereocenters. The van der Waals surface area contributed by atoms with Gasteiger partial charge in [0.25, 0.3) is 18.1 Å². The molecule has 1 aliphatic rings. The van der Waals surface area contributed by atoms with Crippen LogP contribution in [-0.2, 0) is 4.79 Å². The third kappa shape index (κ3) is 1.27. The van der Waals surface area contributed by atoms with E-state index in [1.165, 1.54) is 24.3 Å². The number of aliphatic carboxylic acids is 1. The molecule has 0 radical (unpaired) electrons. The first-order valence-electron chi connectivity index (χ1n) is 4.38. The van der Waals surface area contributed by atoms with Gasteiger partial charge in [0.15, 0.2) is 0 Å². The average Bonchev–Trinajstić information content (AvgIpc) is 2.52. The Balaban J connectivity index is 2.46. The zero-order valence-corrected chi connectivity index (χ0v) is 7.88. The lowest BCUT2D eigenvalue weighted by Gasteiger charge is -2.14. The predicted molar refractivity (Wildman–Crippen MR) is 49.5 cm³/mol. The molecular formula is C10H6FNO4. The number of rotatable bonds is 2. The van der Waals surface area contributed by atoms with Crippen LogP contribution in [0.3, 0.4) is 0 Å². The van der Waals surface area contributed by atoms with Gasteiger partial charge < -0.3 is 5.11 Å². The normalized spacial score (nSPS) is 16.2. The fourth-order valence-electron chi connectivity index (χ4n) is 1.52. The fourth-order valence-corrected chi connectivity index (χ4v) is 1.52. The minimum Gasteiger partial charge on any atom is -0.478 e. The molecule has 1 aliphatic heterocycles. The summed E-state index contributed by atoms with van der Waals surface area (Å²) in [5.74, 6) is -3.71. The van der Waals surface area contributed by atoms with Gasteiger partial charge in [0.2, 0.25) is 0 Å². The number of carboxylic acids is 1. The molecule has 1 heterocycles. The summed E-state index contributed by atoms with van der Waals surface area (Å²) >= 11 is 0. The number of amides is 2. The zero-order chi connectivity index (χ0) is 11.9. The van der Waals surface area contributed by atoms with E-state index < -0.39 is 24.1 Å². The zero-order valence-electron chi connectivity index (χ0n) is 7.88. The summed E-state index contributed by atoms with van der Waals surface area (Å²) in [6.07, 6.45) is -2.65. The van der Waals surface area contributed by atoms with Crippen molar-refractivity contribution >= 4 is 17.8 Å². The molecule has 5 nitrogen and oxygen atoms in total. The van der Waals surface area contributed by atoms with Gasteiger partial charge in [-0.05, 0) is 12.1 Å². The fraction of sp³-hybridized carbons (Fsp3) is 0.100. The Morgan fingerprint density at radius 3 is 2.00 bits per heavy atom. The lowest BCUT2D eigenvalue weighted by Crippen LogP contribution is -2.41. The lowest BCUT2D eigenvalue weighted by molar-refractivity contribution is -0.147. The molecule has 0 saturated carbocycles. The van der Waals surface area contributed by atoms with Crippen molar-refractivity contribution in [3.63, 3.8) is 0 Å². The molecule has 0 bridgehead atoms. The molecule has 6 heteroatoms. The van der Waals surface area contributed by atoms with Gasteiger partial charge in [-0.15, -0.1) is 0 Å². The van der Waals surface area contributed by atoms with Crippen LogP contribution in [0.4, 0.5) is 4.39 Å². The molecule has 0 spiro atoms. The molecule has 0 saturated heterocycles. The number of halogens is 1. The van der Waals surface area contributed by atoms with Crippen LogP contribution in [0, 0.1) is 0 Å². The number of hydrogen-bond donors (Lipinski definition) is 1. The number of imide groups is 1. The molecule has 1 unspecified atom stereocenters. The maximum atomic E-state index is 13.2. The van der Waals surface area contributed by atoms with Crippen molar-refractivity contribution in [2.45, 2.75) is 6.30 Å². The minimum absolute atomic E-state index is 0.0244. The summed E-state index contributed by atoms with van der Waals surface area (Å²) < 4.78 is 13.2. The van der Waals surface area contributed by atoms with Crippen molar-refractivity contribution in [1.82, 2.24) is 4.90 Å². The second-order valence-electron chi connectivity index (χ2n) is 3.20. The summed E-state index contributed by atoms with van der Waals surface area (Å²) in [5, 5.41) is 8.44. The highest BCUT2D eigenvalue weighted by molar-refractivity contribution is 6.22. The van der Waals surface area contributed by atoms with E-state index in [1.807, 2.05) is 0 Å². The number of benzene rings is 1. The molecule has 0 fully saturated rings. The first-order chi connectivity index (χ1) is 7.54. The molecule has 1 N–H and O–H groups in total. The Bertz CT molecular complexity index is 464. The van der Waals surface area contributed by atoms with Crippen LogP contribution in [0.5, 0.6) is 0 Å². The van der Waals surface area contributed by atoms with Crippen molar-refractivity contribution in [3.8, 4) is 0 Å². The lowest BCUT2D eigenvalue weighted by atomic mass is 10.1. The third-order valence-electron chi connectivity index (χ3n) is 2.26. The molecule has 2 rings (SSSR count). The summed E-state index contributed by atoms with van der Waals surface area (Å²) in [6.45, 7) is 0. The maximum absolute atomic E-state index is 13.2. The molecule has 16 heavy (non-hydrogen) atoms. The van der Waals surface area contributed by atoms with Gasteiger partial charge in [-0.2, -0.15) is 0 Å². The minimum atomic E-state index is -2.65. The van der Waals surface area contributed by atoms with Crippen LogP contribution in [-0.4, -0.2) is 34.1 Å². The molecule has 2 amide bonds. The van der Waals surface area contributed by atoms with Crippen molar-refractivity contribution in [3.05, 3.63) is 35.4 Å².